The van der Waals surface area contributed by atoms with Crippen molar-refractivity contribution in [2.45, 2.75) is 31.2 Å². The summed E-state index contributed by atoms with van der Waals surface area (Å²) >= 11 is 0. The van der Waals surface area contributed by atoms with Crippen LogP contribution in [0.5, 0.6) is 0 Å². The van der Waals surface area contributed by atoms with E-state index in [9.17, 15) is 4.79 Å². The number of piperidine rings is 1. The maximum absolute atomic E-state index is 11.3. The summed E-state index contributed by atoms with van der Waals surface area (Å²) in [7, 11) is 3.65. The summed E-state index contributed by atoms with van der Waals surface area (Å²) in [5.74, 6) is 0.142. The van der Waals surface area contributed by atoms with Gasteiger partial charge in [0, 0.05) is 5.54 Å². The molecule has 1 saturated heterocycles. The molecular formula is C10H17NO2. The van der Waals surface area contributed by atoms with E-state index in [-0.39, 0.29) is 11.9 Å². The average Bonchev–Trinajstić information content (AvgIpc) is 2.90. The third-order valence-corrected chi connectivity index (χ3v) is 3.61. The Kier molecular flexibility index (Phi) is 2.06. The molecule has 1 heterocycles. The molecular weight excluding hydrogens is 166 g/mol. The monoisotopic (exact) mass is 183 g/mol. The lowest BCUT2D eigenvalue weighted by molar-refractivity contribution is -0.148. The molecule has 1 aliphatic carbocycles. The van der Waals surface area contributed by atoms with Crippen molar-refractivity contribution in [1.82, 2.24) is 4.90 Å². The van der Waals surface area contributed by atoms with Gasteiger partial charge in [0.2, 0.25) is 0 Å². The zero-order valence-corrected chi connectivity index (χ0v) is 8.38. The van der Waals surface area contributed by atoms with E-state index in [1.165, 1.54) is 20.0 Å². The lowest BCUT2D eigenvalue weighted by atomic mass is 9.89. The Labute approximate surface area is 79.0 Å². The number of carbonyl (C=O) groups excluding carboxylic acids is 1. The van der Waals surface area contributed by atoms with Gasteiger partial charge in [0.1, 0.15) is 0 Å². The van der Waals surface area contributed by atoms with Crippen LogP contribution in [0.1, 0.15) is 25.7 Å². The first-order valence-electron chi connectivity index (χ1n) is 4.97. The largest absolute Gasteiger partial charge is 0.469 e. The maximum atomic E-state index is 11.3. The second-order valence-electron chi connectivity index (χ2n) is 4.36. The number of ether oxygens (including phenoxy) is 1. The van der Waals surface area contributed by atoms with Crippen LogP contribution in [-0.4, -0.2) is 37.1 Å². The number of likely N-dealkylation sites (tertiary alicyclic amines) is 1. The summed E-state index contributed by atoms with van der Waals surface area (Å²) in [6.45, 7) is 1.04. The second-order valence-corrected chi connectivity index (χ2v) is 4.36. The van der Waals surface area contributed by atoms with Crippen molar-refractivity contribution in [2.24, 2.45) is 5.92 Å². The van der Waals surface area contributed by atoms with E-state index in [2.05, 4.69) is 11.9 Å². The molecule has 3 nitrogen and oxygen atoms in total. The van der Waals surface area contributed by atoms with Gasteiger partial charge >= 0.3 is 5.97 Å². The van der Waals surface area contributed by atoms with E-state index < -0.39 is 0 Å². The minimum absolute atomic E-state index is 0.0145. The van der Waals surface area contributed by atoms with Crippen LogP contribution in [0.2, 0.25) is 0 Å². The molecule has 1 atom stereocenters. The van der Waals surface area contributed by atoms with Crippen LogP contribution in [0.15, 0.2) is 0 Å². The molecule has 0 amide bonds. The predicted molar refractivity (Wildman–Crippen MR) is 49.3 cm³/mol. The van der Waals surface area contributed by atoms with Gasteiger partial charge < -0.3 is 9.64 Å². The Morgan fingerprint density at radius 3 is 2.77 bits per heavy atom. The van der Waals surface area contributed by atoms with Crippen LogP contribution in [-0.2, 0) is 9.53 Å². The normalized spacial score (nSPS) is 31.7. The molecule has 74 valence electrons. The van der Waals surface area contributed by atoms with Gasteiger partial charge in [0.15, 0.2) is 0 Å². The fraction of sp³-hybridized carbons (Fsp3) is 0.900. The van der Waals surface area contributed by atoms with Crippen molar-refractivity contribution >= 4 is 5.97 Å². The van der Waals surface area contributed by atoms with Crippen LogP contribution >= 0.6 is 0 Å². The fourth-order valence-corrected chi connectivity index (χ4v) is 2.40. The van der Waals surface area contributed by atoms with Crippen LogP contribution < -0.4 is 0 Å². The molecule has 1 unspecified atom stereocenters. The molecule has 0 aromatic rings. The minimum atomic E-state index is -0.0145. The van der Waals surface area contributed by atoms with E-state index in [4.69, 9.17) is 4.74 Å². The SMILES string of the molecule is COC(=O)C1CCN(C)C2(CC2)C1. The average molecular weight is 183 g/mol. The van der Waals surface area contributed by atoms with Gasteiger partial charge in [-0.05, 0) is 39.3 Å². The van der Waals surface area contributed by atoms with Crippen LogP contribution in [0.3, 0.4) is 0 Å². The number of methoxy groups -OCH3 is 1. The lowest BCUT2D eigenvalue weighted by Crippen LogP contribution is -2.43. The number of esters is 1. The highest BCUT2D eigenvalue weighted by Crippen LogP contribution is 2.49. The van der Waals surface area contributed by atoms with E-state index in [0.717, 1.165) is 19.4 Å². The van der Waals surface area contributed by atoms with Crippen LogP contribution in [0.4, 0.5) is 0 Å². The zero-order chi connectivity index (χ0) is 9.47. The number of rotatable bonds is 1. The summed E-state index contributed by atoms with van der Waals surface area (Å²) in [5.41, 5.74) is 0.372. The van der Waals surface area contributed by atoms with Gasteiger partial charge in [-0.3, -0.25) is 4.79 Å². The highest BCUT2D eigenvalue weighted by Gasteiger charge is 2.51. The number of hydrogen-bond donors (Lipinski definition) is 0. The molecule has 0 bridgehead atoms. The Bertz CT molecular complexity index is 223. The molecule has 1 saturated carbocycles. The lowest BCUT2D eigenvalue weighted by Gasteiger charge is -2.36. The molecule has 0 aromatic heterocycles. The molecule has 2 aliphatic rings. The van der Waals surface area contributed by atoms with E-state index in [1.54, 1.807) is 0 Å². The third kappa shape index (κ3) is 1.46. The molecule has 3 heteroatoms. The molecule has 0 radical (unpaired) electrons. The first-order valence-corrected chi connectivity index (χ1v) is 4.97. The van der Waals surface area contributed by atoms with Crippen LogP contribution in [0.25, 0.3) is 0 Å². The van der Waals surface area contributed by atoms with Crippen molar-refractivity contribution in [1.29, 1.82) is 0 Å². The Morgan fingerprint density at radius 1 is 1.54 bits per heavy atom. The van der Waals surface area contributed by atoms with Gasteiger partial charge in [0.25, 0.3) is 0 Å². The number of carbonyl (C=O) groups is 1. The van der Waals surface area contributed by atoms with Crippen molar-refractivity contribution in [3.8, 4) is 0 Å². The van der Waals surface area contributed by atoms with Gasteiger partial charge in [-0.2, -0.15) is 0 Å². The highest BCUT2D eigenvalue weighted by molar-refractivity contribution is 5.72. The van der Waals surface area contributed by atoms with E-state index in [0.29, 0.717) is 5.54 Å². The summed E-state index contributed by atoms with van der Waals surface area (Å²) in [5, 5.41) is 0. The first kappa shape index (κ1) is 9.00. The van der Waals surface area contributed by atoms with Crippen molar-refractivity contribution in [2.75, 3.05) is 20.7 Å². The van der Waals surface area contributed by atoms with E-state index in [1.807, 2.05) is 0 Å². The highest BCUT2D eigenvalue weighted by atomic mass is 16.5. The standard InChI is InChI=1S/C10H17NO2/c1-11-6-3-8(9(12)13-2)7-10(11)4-5-10/h8H,3-7H2,1-2H3. The molecule has 0 N–H and O–H groups in total. The maximum Gasteiger partial charge on any atom is 0.308 e. The topological polar surface area (TPSA) is 29.5 Å². The third-order valence-electron chi connectivity index (χ3n) is 3.61. The quantitative estimate of drug-likeness (QED) is 0.569. The summed E-state index contributed by atoms with van der Waals surface area (Å²) in [6.07, 6.45) is 4.50. The van der Waals surface area contributed by atoms with E-state index >= 15 is 0 Å². The Morgan fingerprint density at radius 2 is 2.23 bits per heavy atom. The summed E-state index contributed by atoms with van der Waals surface area (Å²) in [6, 6.07) is 0. The minimum Gasteiger partial charge on any atom is -0.469 e. The molecule has 2 rings (SSSR count). The zero-order valence-electron chi connectivity index (χ0n) is 8.38. The smallest absolute Gasteiger partial charge is 0.308 e. The molecule has 1 aliphatic heterocycles. The molecule has 1 spiro atoms. The summed E-state index contributed by atoms with van der Waals surface area (Å²) < 4.78 is 4.79. The van der Waals surface area contributed by atoms with Gasteiger partial charge in [-0.1, -0.05) is 0 Å². The van der Waals surface area contributed by atoms with Crippen molar-refractivity contribution < 1.29 is 9.53 Å². The Balaban J connectivity index is 1.99. The summed E-state index contributed by atoms with van der Waals surface area (Å²) in [4.78, 5) is 13.8. The fourth-order valence-electron chi connectivity index (χ4n) is 2.40. The molecule has 0 aromatic carbocycles. The first-order chi connectivity index (χ1) is 6.18. The molecule has 2 fully saturated rings. The van der Waals surface area contributed by atoms with Crippen LogP contribution in [0, 0.1) is 5.92 Å². The van der Waals surface area contributed by atoms with Gasteiger partial charge in [-0.15, -0.1) is 0 Å². The molecule has 13 heavy (non-hydrogen) atoms. The van der Waals surface area contributed by atoms with Gasteiger partial charge in [0.05, 0.1) is 13.0 Å². The van der Waals surface area contributed by atoms with Gasteiger partial charge in [-0.25, -0.2) is 0 Å². The number of hydrogen-bond acceptors (Lipinski definition) is 3. The predicted octanol–water partition coefficient (Wildman–Crippen LogP) is 1.03. The number of nitrogens with zero attached hydrogens (tertiary/aromatic N) is 1. The Hall–Kier alpha value is -0.570. The second kappa shape index (κ2) is 2.98. The van der Waals surface area contributed by atoms with Crippen molar-refractivity contribution in [3.05, 3.63) is 0 Å². The van der Waals surface area contributed by atoms with Crippen molar-refractivity contribution in [3.63, 3.8) is 0 Å².